The molecule has 0 aliphatic carbocycles. The number of nitriles is 1. The van der Waals surface area contributed by atoms with Crippen molar-refractivity contribution in [3.63, 3.8) is 0 Å². The van der Waals surface area contributed by atoms with Gasteiger partial charge in [0.25, 0.3) is 11.8 Å². The van der Waals surface area contributed by atoms with E-state index in [0.717, 1.165) is 4.90 Å². The number of imide groups is 1. The SMILES string of the molecule is N#CCC(=O)Nc1ccccc1NC(=O)CN1C(=O)c2ccccc2C1=O. The first-order valence-electron chi connectivity index (χ1n) is 8.02. The molecule has 134 valence electrons. The Hall–Kier alpha value is -3.99. The third-order valence-corrected chi connectivity index (χ3v) is 3.89. The van der Waals surface area contributed by atoms with Crippen LogP contribution in [0.3, 0.4) is 0 Å². The minimum Gasteiger partial charge on any atom is -0.323 e. The first-order valence-corrected chi connectivity index (χ1v) is 8.02. The molecule has 4 amide bonds. The van der Waals surface area contributed by atoms with E-state index in [-0.39, 0.29) is 17.5 Å². The van der Waals surface area contributed by atoms with Gasteiger partial charge in [-0.1, -0.05) is 24.3 Å². The van der Waals surface area contributed by atoms with Gasteiger partial charge in [-0.15, -0.1) is 0 Å². The fraction of sp³-hybridized carbons (Fsp3) is 0.105. The number of nitrogens with one attached hydrogen (secondary N) is 2. The molecule has 1 aliphatic rings. The van der Waals surface area contributed by atoms with E-state index < -0.39 is 30.2 Å². The Kier molecular flexibility index (Phi) is 4.95. The molecular weight excluding hydrogens is 348 g/mol. The van der Waals surface area contributed by atoms with Crippen LogP contribution in [0.2, 0.25) is 0 Å². The van der Waals surface area contributed by atoms with E-state index >= 15 is 0 Å². The summed E-state index contributed by atoms with van der Waals surface area (Å²) < 4.78 is 0. The maximum Gasteiger partial charge on any atom is 0.262 e. The van der Waals surface area contributed by atoms with Gasteiger partial charge < -0.3 is 10.6 Å². The molecule has 0 atom stereocenters. The van der Waals surface area contributed by atoms with Crippen LogP contribution in [-0.2, 0) is 9.59 Å². The van der Waals surface area contributed by atoms with Crippen molar-refractivity contribution in [2.24, 2.45) is 0 Å². The van der Waals surface area contributed by atoms with Gasteiger partial charge in [0, 0.05) is 0 Å². The molecule has 27 heavy (non-hydrogen) atoms. The summed E-state index contributed by atoms with van der Waals surface area (Å²) in [7, 11) is 0. The lowest BCUT2D eigenvalue weighted by Crippen LogP contribution is -2.37. The molecule has 2 aromatic rings. The molecular formula is C19H14N4O4. The second-order valence-electron chi connectivity index (χ2n) is 5.72. The molecule has 0 fully saturated rings. The van der Waals surface area contributed by atoms with Gasteiger partial charge in [0.05, 0.1) is 28.6 Å². The fourth-order valence-corrected chi connectivity index (χ4v) is 2.68. The number of anilines is 2. The number of benzene rings is 2. The highest BCUT2D eigenvalue weighted by Crippen LogP contribution is 2.24. The lowest BCUT2D eigenvalue weighted by molar-refractivity contribution is -0.117. The molecule has 0 bridgehead atoms. The zero-order valence-electron chi connectivity index (χ0n) is 14.1. The average molecular weight is 362 g/mol. The highest BCUT2D eigenvalue weighted by molar-refractivity contribution is 6.22. The zero-order valence-corrected chi connectivity index (χ0v) is 14.1. The lowest BCUT2D eigenvalue weighted by Gasteiger charge is -2.15. The van der Waals surface area contributed by atoms with Crippen molar-refractivity contribution < 1.29 is 19.2 Å². The topological polar surface area (TPSA) is 119 Å². The Labute approximate surface area is 154 Å². The van der Waals surface area contributed by atoms with Crippen LogP contribution in [0.15, 0.2) is 48.5 Å². The predicted molar refractivity (Wildman–Crippen MR) is 95.7 cm³/mol. The number of carbonyl (C=O) groups excluding carboxylic acids is 4. The van der Waals surface area contributed by atoms with Crippen molar-refractivity contribution in [1.29, 1.82) is 5.26 Å². The van der Waals surface area contributed by atoms with Crippen molar-refractivity contribution in [2.45, 2.75) is 6.42 Å². The van der Waals surface area contributed by atoms with Crippen LogP contribution >= 0.6 is 0 Å². The van der Waals surface area contributed by atoms with Gasteiger partial charge in [-0.3, -0.25) is 24.1 Å². The number of nitrogens with zero attached hydrogens (tertiary/aromatic N) is 2. The lowest BCUT2D eigenvalue weighted by atomic mass is 10.1. The number of amides is 4. The average Bonchev–Trinajstić information content (AvgIpc) is 2.89. The van der Waals surface area contributed by atoms with E-state index in [1.165, 1.54) is 12.1 Å². The molecule has 2 aromatic carbocycles. The minimum atomic E-state index is -0.591. The Morgan fingerprint density at radius 3 is 1.85 bits per heavy atom. The van der Waals surface area contributed by atoms with Crippen LogP contribution < -0.4 is 10.6 Å². The molecule has 0 saturated carbocycles. The second kappa shape index (κ2) is 7.49. The molecule has 1 aliphatic heterocycles. The van der Waals surface area contributed by atoms with Gasteiger partial charge in [-0.25, -0.2) is 0 Å². The summed E-state index contributed by atoms with van der Waals surface area (Å²) in [6, 6.07) is 14.5. The molecule has 0 saturated heterocycles. The van der Waals surface area contributed by atoms with Gasteiger partial charge in [0.2, 0.25) is 11.8 Å². The van der Waals surface area contributed by atoms with Gasteiger partial charge in [-0.2, -0.15) is 5.26 Å². The molecule has 0 radical (unpaired) electrons. The summed E-state index contributed by atoms with van der Waals surface area (Å²) in [5.41, 5.74) is 1.14. The highest BCUT2D eigenvalue weighted by atomic mass is 16.2. The minimum absolute atomic E-state index is 0.263. The standard InChI is InChI=1S/C19H14N4O4/c20-10-9-16(24)21-14-7-3-4-8-15(14)22-17(25)11-23-18(26)12-5-1-2-6-13(12)19(23)27/h1-8H,9,11H2,(H,21,24)(H,22,25). The summed E-state index contributed by atoms with van der Waals surface area (Å²) in [6.07, 6.45) is -0.322. The molecule has 8 nitrogen and oxygen atoms in total. The second-order valence-corrected chi connectivity index (χ2v) is 5.72. The van der Waals surface area contributed by atoms with Gasteiger partial charge in [0.15, 0.2) is 0 Å². The molecule has 0 unspecified atom stereocenters. The third kappa shape index (κ3) is 3.67. The molecule has 0 spiro atoms. The summed E-state index contributed by atoms with van der Waals surface area (Å²) in [5.74, 6) is -2.16. The number of para-hydroxylation sites is 2. The van der Waals surface area contributed by atoms with E-state index in [9.17, 15) is 19.2 Å². The van der Waals surface area contributed by atoms with Crippen LogP contribution in [0.1, 0.15) is 27.1 Å². The molecule has 0 aromatic heterocycles. The number of hydrogen-bond donors (Lipinski definition) is 2. The quantitative estimate of drug-likeness (QED) is 0.786. The smallest absolute Gasteiger partial charge is 0.262 e. The normalized spacial score (nSPS) is 12.3. The van der Waals surface area contributed by atoms with E-state index in [2.05, 4.69) is 10.6 Å². The number of hydrogen-bond acceptors (Lipinski definition) is 5. The molecule has 3 rings (SSSR count). The summed E-state index contributed by atoms with van der Waals surface area (Å²) in [5, 5.41) is 13.7. The van der Waals surface area contributed by atoms with E-state index in [1.54, 1.807) is 42.5 Å². The predicted octanol–water partition coefficient (Wildman–Crippen LogP) is 1.77. The number of carbonyl (C=O) groups is 4. The van der Waals surface area contributed by atoms with Gasteiger partial charge in [-0.05, 0) is 24.3 Å². The highest BCUT2D eigenvalue weighted by Gasteiger charge is 2.36. The maximum atomic E-state index is 12.4. The molecule has 1 heterocycles. The van der Waals surface area contributed by atoms with Crippen molar-refractivity contribution in [3.8, 4) is 6.07 Å². The van der Waals surface area contributed by atoms with Crippen molar-refractivity contribution in [1.82, 2.24) is 4.90 Å². The van der Waals surface area contributed by atoms with Crippen LogP contribution in [-0.4, -0.2) is 35.1 Å². The van der Waals surface area contributed by atoms with E-state index in [1.807, 2.05) is 0 Å². The van der Waals surface area contributed by atoms with E-state index in [0.29, 0.717) is 11.4 Å². The molecule has 2 N–H and O–H groups in total. The monoisotopic (exact) mass is 362 g/mol. The first-order chi connectivity index (χ1) is 13.0. The Bertz CT molecular complexity index is 958. The van der Waals surface area contributed by atoms with Gasteiger partial charge >= 0.3 is 0 Å². The largest absolute Gasteiger partial charge is 0.323 e. The van der Waals surface area contributed by atoms with E-state index in [4.69, 9.17) is 5.26 Å². The first kappa shape index (κ1) is 17.8. The summed E-state index contributed by atoms with van der Waals surface area (Å²) >= 11 is 0. The van der Waals surface area contributed by atoms with Crippen molar-refractivity contribution in [2.75, 3.05) is 17.2 Å². The fourth-order valence-electron chi connectivity index (χ4n) is 2.68. The van der Waals surface area contributed by atoms with Crippen LogP contribution in [0, 0.1) is 11.3 Å². The zero-order chi connectivity index (χ0) is 19.4. The Morgan fingerprint density at radius 2 is 1.33 bits per heavy atom. The third-order valence-electron chi connectivity index (χ3n) is 3.89. The van der Waals surface area contributed by atoms with Crippen molar-refractivity contribution in [3.05, 3.63) is 59.7 Å². The maximum absolute atomic E-state index is 12.4. The number of fused-ring (bicyclic) bond motifs is 1. The molecule has 8 heteroatoms. The Morgan fingerprint density at radius 1 is 0.852 bits per heavy atom. The number of rotatable bonds is 5. The summed E-state index contributed by atoms with van der Waals surface area (Å²) in [4.78, 5) is 49.5. The Balaban J connectivity index is 1.71. The van der Waals surface area contributed by atoms with Crippen LogP contribution in [0.25, 0.3) is 0 Å². The summed E-state index contributed by atoms with van der Waals surface area (Å²) in [6.45, 7) is -0.452. The van der Waals surface area contributed by atoms with Crippen LogP contribution in [0.4, 0.5) is 11.4 Å². The van der Waals surface area contributed by atoms with Crippen LogP contribution in [0.5, 0.6) is 0 Å². The van der Waals surface area contributed by atoms with Gasteiger partial charge in [0.1, 0.15) is 13.0 Å². The van der Waals surface area contributed by atoms with Crippen molar-refractivity contribution >= 4 is 35.0 Å².